The molecule has 0 bridgehead atoms. The van der Waals surface area contributed by atoms with Gasteiger partial charge in [-0.25, -0.2) is 9.97 Å². The Labute approximate surface area is 143 Å². The normalized spacial score (nSPS) is 11.8. The molecule has 0 unspecified atom stereocenters. The van der Waals surface area contributed by atoms with Gasteiger partial charge in [-0.05, 0) is 29.7 Å². The lowest BCUT2D eigenvalue weighted by Crippen LogP contribution is -2.34. The number of halogens is 2. The van der Waals surface area contributed by atoms with Crippen molar-refractivity contribution in [3.05, 3.63) is 51.9 Å². The van der Waals surface area contributed by atoms with Crippen molar-refractivity contribution in [2.75, 3.05) is 7.11 Å². The number of aromatic nitrogens is 2. The number of methoxy groups -OCH3 is 1. The van der Waals surface area contributed by atoms with Crippen LogP contribution in [0.15, 0.2) is 30.5 Å². The Bertz CT molecular complexity index is 660. The van der Waals surface area contributed by atoms with Crippen LogP contribution in [0.25, 0.3) is 0 Å². The van der Waals surface area contributed by atoms with E-state index in [0.29, 0.717) is 17.9 Å². The molecule has 23 heavy (non-hydrogen) atoms. The van der Waals surface area contributed by atoms with Crippen molar-refractivity contribution in [2.45, 2.75) is 19.1 Å². The largest absolute Gasteiger partial charge is 0.481 e. The number of nitrogens with zero attached hydrogens (tertiary/aromatic N) is 2. The second-order valence-corrected chi connectivity index (χ2v) is 5.52. The molecule has 0 aliphatic rings. The van der Waals surface area contributed by atoms with E-state index >= 15 is 0 Å². The summed E-state index contributed by atoms with van der Waals surface area (Å²) < 4.78 is 10.1. The van der Waals surface area contributed by atoms with Crippen LogP contribution in [0.3, 0.4) is 0 Å². The molecule has 0 aromatic carbocycles. The maximum atomic E-state index is 11.9. The monoisotopic (exact) mass is 355 g/mol. The molecule has 2 N–H and O–H groups in total. The van der Waals surface area contributed by atoms with Crippen LogP contribution in [0.2, 0.25) is 10.3 Å². The first-order valence-corrected chi connectivity index (χ1v) is 7.46. The average Bonchev–Trinajstić information content (AvgIpc) is 2.52. The van der Waals surface area contributed by atoms with Crippen molar-refractivity contribution < 1.29 is 14.3 Å². The van der Waals surface area contributed by atoms with Crippen molar-refractivity contribution in [3.8, 4) is 5.88 Å². The van der Waals surface area contributed by atoms with E-state index in [2.05, 4.69) is 9.97 Å². The zero-order valence-corrected chi connectivity index (χ0v) is 13.8. The number of carbonyl (C=O) groups is 1. The Balaban J connectivity index is 1.89. The number of ether oxygens (including phenoxy) is 2. The summed E-state index contributed by atoms with van der Waals surface area (Å²) in [6.07, 6.45) is 1.92. The van der Waals surface area contributed by atoms with E-state index in [1.807, 2.05) is 0 Å². The van der Waals surface area contributed by atoms with E-state index in [0.717, 1.165) is 5.56 Å². The minimum Gasteiger partial charge on any atom is -0.481 e. The van der Waals surface area contributed by atoms with Gasteiger partial charge >= 0.3 is 5.97 Å². The molecule has 0 saturated carbocycles. The average molecular weight is 356 g/mol. The quantitative estimate of drug-likeness (QED) is 0.632. The Kier molecular flexibility index (Phi) is 6.15. The van der Waals surface area contributed by atoms with E-state index < -0.39 is 12.0 Å². The number of rotatable bonds is 6. The molecule has 2 rings (SSSR count). The van der Waals surface area contributed by atoms with Gasteiger partial charge in [-0.2, -0.15) is 0 Å². The molecule has 122 valence electrons. The number of esters is 1. The topological polar surface area (TPSA) is 87.3 Å². The molecule has 6 nitrogen and oxygen atoms in total. The van der Waals surface area contributed by atoms with Crippen LogP contribution in [0.5, 0.6) is 5.88 Å². The minimum absolute atomic E-state index is 0.0232. The number of hydrogen-bond donors (Lipinski definition) is 1. The van der Waals surface area contributed by atoms with Crippen LogP contribution in [0.4, 0.5) is 0 Å². The van der Waals surface area contributed by atoms with Crippen molar-refractivity contribution >= 4 is 29.2 Å². The molecule has 0 amide bonds. The zero-order chi connectivity index (χ0) is 16.8. The maximum absolute atomic E-state index is 11.9. The highest BCUT2D eigenvalue weighted by molar-refractivity contribution is 6.32. The summed E-state index contributed by atoms with van der Waals surface area (Å²) in [7, 11) is 1.53. The van der Waals surface area contributed by atoms with Crippen molar-refractivity contribution in [1.82, 2.24) is 9.97 Å². The molecule has 8 heteroatoms. The molecular formula is C15H15Cl2N3O3. The summed E-state index contributed by atoms with van der Waals surface area (Å²) >= 11 is 11.6. The lowest BCUT2D eigenvalue weighted by Gasteiger charge is -2.12. The van der Waals surface area contributed by atoms with Gasteiger partial charge < -0.3 is 15.2 Å². The molecular weight excluding hydrogens is 341 g/mol. The second kappa shape index (κ2) is 8.10. The number of carbonyl (C=O) groups excluding carboxylic acids is 1. The summed E-state index contributed by atoms with van der Waals surface area (Å²) in [5, 5.41) is 0.467. The van der Waals surface area contributed by atoms with Gasteiger partial charge in [-0.1, -0.05) is 29.3 Å². The van der Waals surface area contributed by atoms with Crippen LogP contribution in [-0.2, 0) is 22.6 Å². The van der Waals surface area contributed by atoms with E-state index in [-0.39, 0.29) is 16.9 Å². The van der Waals surface area contributed by atoms with Gasteiger partial charge in [0.15, 0.2) is 0 Å². The fourth-order valence-electron chi connectivity index (χ4n) is 1.85. The third kappa shape index (κ3) is 5.35. The first-order chi connectivity index (χ1) is 11.0. The van der Waals surface area contributed by atoms with Crippen LogP contribution < -0.4 is 10.5 Å². The SMILES string of the molecule is COc1ccc(C[C@H](N)C(=O)OCc2cc(Cl)nc(Cl)c2)cn1. The summed E-state index contributed by atoms with van der Waals surface area (Å²) in [5.74, 6) is -0.0267. The number of pyridine rings is 2. The molecule has 0 radical (unpaired) electrons. The Morgan fingerprint density at radius 2 is 1.96 bits per heavy atom. The highest BCUT2D eigenvalue weighted by atomic mass is 35.5. The van der Waals surface area contributed by atoms with Crippen molar-refractivity contribution in [1.29, 1.82) is 0 Å². The zero-order valence-electron chi connectivity index (χ0n) is 12.3. The van der Waals surface area contributed by atoms with Crippen molar-refractivity contribution in [3.63, 3.8) is 0 Å². The lowest BCUT2D eigenvalue weighted by molar-refractivity contribution is -0.146. The minimum atomic E-state index is -0.794. The third-order valence-corrected chi connectivity index (χ3v) is 3.36. The molecule has 1 atom stereocenters. The van der Waals surface area contributed by atoms with Crippen LogP contribution >= 0.6 is 23.2 Å². The Hall–Kier alpha value is -1.89. The Morgan fingerprint density at radius 3 is 2.52 bits per heavy atom. The predicted octanol–water partition coefficient (Wildman–Crippen LogP) is 2.41. The first-order valence-electron chi connectivity index (χ1n) is 6.71. The molecule has 0 spiro atoms. The highest BCUT2D eigenvalue weighted by Crippen LogP contribution is 2.15. The van der Waals surface area contributed by atoms with Gasteiger partial charge in [0, 0.05) is 12.3 Å². The van der Waals surface area contributed by atoms with Gasteiger partial charge in [0.2, 0.25) is 5.88 Å². The highest BCUT2D eigenvalue weighted by Gasteiger charge is 2.16. The molecule has 0 fully saturated rings. The van der Waals surface area contributed by atoms with E-state index in [1.54, 1.807) is 30.5 Å². The fourth-order valence-corrected chi connectivity index (χ4v) is 2.35. The fraction of sp³-hybridized carbons (Fsp3) is 0.267. The van der Waals surface area contributed by atoms with Crippen molar-refractivity contribution in [2.24, 2.45) is 5.73 Å². The molecule has 2 heterocycles. The standard InChI is InChI=1S/C15H15Cl2N3O3/c1-22-14-3-2-9(7-19-14)4-11(18)15(21)23-8-10-5-12(16)20-13(17)6-10/h2-3,5-7,11H,4,8,18H2,1H3/t11-/m0/s1. The van der Waals surface area contributed by atoms with Crippen LogP contribution in [0.1, 0.15) is 11.1 Å². The lowest BCUT2D eigenvalue weighted by atomic mass is 10.1. The Morgan fingerprint density at radius 1 is 1.26 bits per heavy atom. The predicted molar refractivity (Wildman–Crippen MR) is 86.5 cm³/mol. The van der Waals surface area contributed by atoms with E-state index in [4.69, 9.17) is 38.4 Å². The van der Waals surface area contributed by atoms with Gasteiger partial charge in [-0.15, -0.1) is 0 Å². The van der Waals surface area contributed by atoms with Gasteiger partial charge in [0.25, 0.3) is 0 Å². The third-order valence-electron chi connectivity index (χ3n) is 2.97. The van der Waals surface area contributed by atoms with Crippen LogP contribution in [-0.4, -0.2) is 29.1 Å². The molecule has 0 aliphatic heterocycles. The van der Waals surface area contributed by atoms with Gasteiger partial charge in [0.05, 0.1) is 7.11 Å². The molecule has 0 aliphatic carbocycles. The van der Waals surface area contributed by atoms with Crippen LogP contribution in [0, 0.1) is 0 Å². The molecule has 2 aromatic rings. The maximum Gasteiger partial charge on any atom is 0.323 e. The summed E-state index contributed by atoms with van der Waals surface area (Å²) in [6, 6.07) is 5.84. The number of hydrogen-bond acceptors (Lipinski definition) is 6. The van der Waals surface area contributed by atoms with Gasteiger partial charge in [0.1, 0.15) is 23.0 Å². The van der Waals surface area contributed by atoms with E-state index in [9.17, 15) is 4.79 Å². The number of nitrogens with two attached hydrogens (primary N) is 1. The first kappa shape index (κ1) is 17.5. The second-order valence-electron chi connectivity index (χ2n) is 4.75. The molecule has 0 saturated heterocycles. The van der Waals surface area contributed by atoms with E-state index in [1.165, 1.54) is 7.11 Å². The summed E-state index contributed by atoms with van der Waals surface area (Å²) in [5.41, 5.74) is 7.30. The summed E-state index contributed by atoms with van der Waals surface area (Å²) in [6.45, 7) is 0.0232. The molecule has 2 aromatic heterocycles. The summed E-state index contributed by atoms with van der Waals surface area (Å²) in [4.78, 5) is 19.8. The van der Waals surface area contributed by atoms with Gasteiger partial charge in [-0.3, -0.25) is 4.79 Å². The smallest absolute Gasteiger partial charge is 0.323 e.